The molecule has 0 bridgehead atoms. The van der Waals surface area contributed by atoms with Crippen LogP contribution in [0.2, 0.25) is 0 Å². The second-order valence-corrected chi connectivity index (χ2v) is 7.41. The Bertz CT molecular complexity index is 738. The van der Waals surface area contributed by atoms with Crippen LogP contribution in [0, 0.1) is 0 Å². The van der Waals surface area contributed by atoms with Gasteiger partial charge in [0.05, 0.1) is 13.2 Å². The standard InChI is InChI=1S/C20H25N3O3S/c1-2-26-17-7-5-16(6-8-17)20(25)21-14-19(24)23-11-9-22(10-12-23)15-18-4-3-13-27-18/h3-8,13H,2,9-12,14-15H2,1H3,(H,21,25). The Morgan fingerprint density at radius 3 is 2.48 bits per heavy atom. The van der Waals surface area contributed by atoms with Crippen LogP contribution in [0.4, 0.5) is 0 Å². The van der Waals surface area contributed by atoms with E-state index in [1.807, 2.05) is 11.8 Å². The largest absolute Gasteiger partial charge is 0.494 e. The lowest BCUT2D eigenvalue weighted by atomic mass is 10.2. The third-order valence-electron chi connectivity index (χ3n) is 4.51. The molecule has 144 valence electrons. The van der Waals surface area contributed by atoms with Gasteiger partial charge in [-0.1, -0.05) is 6.07 Å². The first-order valence-corrected chi connectivity index (χ1v) is 10.1. The molecule has 0 spiro atoms. The quantitative estimate of drug-likeness (QED) is 0.791. The predicted molar refractivity (Wildman–Crippen MR) is 106 cm³/mol. The molecule has 0 aliphatic carbocycles. The summed E-state index contributed by atoms with van der Waals surface area (Å²) in [4.78, 5) is 30.1. The number of amides is 2. The van der Waals surface area contributed by atoms with E-state index in [1.165, 1.54) is 4.88 Å². The SMILES string of the molecule is CCOc1ccc(C(=O)NCC(=O)N2CCN(Cc3cccs3)CC2)cc1. The molecule has 0 saturated carbocycles. The summed E-state index contributed by atoms with van der Waals surface area (Å²) in [5.74, 6) is 0.443. The molecule has 1 saturated heterocycles. The highest BCUT2D eigenvalue weighted by Gasteiger charge is 2.21. The number of benzene rings is 1. The molecule has 27 heavy (non-hydrogen) atoms. The number of hydrogen-bond acceptors (Lipinski definition) is 5. The van der Waals surface area contributed by atoms with E-state index in [4.69, 9.17) is 4.74 Å². The number of hydrogen-bond donors (Lipinski definition) is 1. The van der Waals surface area contributed by atoms with E-state index in [0.29, 0.717) is 25.3 Å². The molecule has 1 aromatic carbocycles. The highest BCUT2D eigenvalue weighted by Crippen LogP contribution is 2.14. The number of nitrogens with zero attached hydrogens (tertiary/aromatic N) is 2. The average molecular weight is 388 g/mol. The van der Waals surface area contributed by atoms with Crippen molar-refractivity contribution in [2.45, 2.75) is 13.5 Å². The lowest BCUT2D eigenvalue weighted by molar-refractivity contribution is -0.131. The number of nitrogens with one attached hydrogen (secondary N) is 1. The fourth-order valence-corrected chi connectivity index (χ4v) is 3.76. The summed E-state index contributed by atoms with van der Waals surface area (Å²) < 4.78 is 5.36. The minimum Gasteiger partial charge on any atom is -0.494 e. The van der Waals surface area contributed by atoms with Gasteiger partial charge in [-0.05, 0) is 42.6 Å². The summed E-state index contributed by atoms with van der Waals surface area (Å²) >= 11 is 1.76. The molecule has 1 aliphatic rings. The fourth-order valence-electron chi connectivity index (χ4n) is 3.02. The van der Waals surface area contributed by atoms with Gasteiger partial charge in [-0.15, -0.1) is 11.3 Å². The van der Waals surface area contributed by atoms with Gasteiger partial charge < -0.3 is 15.0 Å². The van der Waals surface area contributed by atoms with E-state index in [2.05, 4.69) is 27.7 Å². The van der Waals surface area contributed by atoms with Crippen LogP contribution in [0.25, 0.3) is 0 Å². The van der Waals surface area contributed by atoms with Gasteiger partial charge in [0.1, 0.15) is 5.75 Å². The molecule has 0 unspecified atom stereocenters. The second kappa shape index (κ2) is 9.53. The summed E-state index contributed by atoms with van der Waals surface area (Å²) in [5.41, 5.74) is 0.520. The van der Waals surface area contributed by atoms with E-state index in [-0.39, 0.29) is 18.4 Å². The summed E-state index contributed by atoms with van der Waals surface area (Å²) in [6.45, 7) is 6.57. The number of thiophene rings is 1. The van der Waals surface area contributed by atoms with Gasteiger partial charge in [-0.2, -0.15) is 0 Å². The molecule has 2 heterocycles. The molecular weight excluding hydrogens is 362 g/mol. The van der Waals surface area contributed by atoms with E-state index in [9.17, 15) is 9.59 Å². The third-order valence-corrected chi connectivity index (χ3v) is 5.37. The Morgan fingerprint density at radius 1 is 1.11 bits per heavy atom. The van der Waals surface area contributed by atoms with E-state index in [0.717, 1.165) is 25.4 Å². The Balaban J connectivity index is 1.41. The maximum atomic E-state index is 12.4. The van der Waals surface area contributed by atoms with Crippen LogP contribution in [0.5, 0.6) is 5.75 Å². The fraction of sp³-hybridized carbons (Fsp3) is 0.400. The summed E-state index contributed by atoms with van der Waals surface area (Å²) in [7, 11) is 0. The van der Waals surface area contributed by atoms with Crippen molar-refractivity contribution in [2.24, 2.45) is 0 Å². The first-order chi connectivity index (χ1) is 13.2. The van der Waals surface area contributed by atoms with Crippen molar-refractivity contribution in [1.82, 2.24) is 15.1 Å². The molecular formula is C20H25N3O3S. The average Bonchev–Trinajstić information content (AvgIpc) is 3.20. The van der Waals surface area contributed by atoms with Crippen LogP contribution < -0.4 is 10.1 Å². The predicted octanol–water partition coefficient (Wildman–Crippen LogP) is 2.22. The van der Waals surface area contributed by atoms with Gasteiger partial charge >= 0.3 is 0 Å². The molecule has 2 aromatic rings. The number of carbonyl (C=O) groups is 2. The number of ether oxygens (including phenoxy) is 1. The van der Waals surface area contributed by atoms with Crippen LogP contribution in [0.15, 0.2) is 41.8 Å². The minimum absolute atomic E-state index is 0.0248. The van der Waals surface area contributed by atoms with Crippen molar-refractivity contribution in [3.63, 3.8) is 0 Å². The van der Waals surface area contributed by atoms with Crippen molar-refractivity contribution in [3.05, 3.63) is 52.2 Å². The smallest absolute Gasteiger partial charge is 0.251 e. The molecule has 3 rings (SSSR count). The van der Waals surface area contributed by atoms with E-state index < -0.39 is 0 Å². The van der Waals surface area contributed by atoms with Crippen LogP contribution in [-0.4, -0.2) is 60.9 Å². The van der Waals surface area contributed by atoms with Crippen molar-refractivity contribution in [2.75, 3.05) is 39.3 Å². The van der Waals surface area contributed by atoms with Gasteiger partial charge in [0.15, 0.2) is 0 Å². The zero-order chi connectivity index (χ0) is 19.1. The van der Waals surface area contributed by atoms with Gasteiger partial charge in [0.25, 0.3) is 5.91 Å². The molecule has 1 aromatic heterocycles. The lowest BCUT2D eigenvalue weighted by Gasteiger charge is -2.34. The molecule has 1 aliphatic heterocycles. The molecule has 0 radical (unpaired) electrons. The van der Waals surface area contributed by atoms with Crippen LogP contribution in [-0.2, 0) is 11.3 Å². The van der Waals surface area contributed by atoms with Gasteiger partial charge in [-0.25, -0.2) is 0 Å². The van der Waals surface area contributed by atoms with Gasteiger partial charge in [-0.3, -0.25) is 14.5 Å². The highest BCUT2D eigenvalue weighted by atomic mass is 32.1. The lowest BCUT2D eigenvalue weighted by Crippen LogP contribution is -2.50. The third kappa shape index (κ3) is 5.55. The van der Waals surface area contributed by atoms with Crippen LogP contribution >= 0.6 is 11.3 Å². The van der Waals surface area contributed by atoms with Crippen molar-refractivity contribution in [1.29, 1.82) is 0 Å². The highest BCUT2D eigenvalue weighted by molar-refractivity contribution is 7.09. The molecule has 1 fully saturated rings. The van der Waals surface area contributed by atoms with Gasteiger partial charge in [0, 0.05) is 43.2 Å². The maximum Gasteiger partial charge on any atom is 0.251 e. The molecule has 7 heteroatoms. The minimum atomic E-state index is -0.247. The van der Waals surface area contributed by atoms with Crippen molar-refractivity contribution >= 4 is 23.2 Å². The van der Waals surface area contributed by atoms with E-state index >= 15 is 0 Å². The summed E-state index contributed by atoms with van der Waals surface area (Å²) in [5, 5.41) is 4.80. The second-order valence-electron chi connectivity index (χ2n) is 6.38. The van der Waals surface area contributed by atoms with Gasteiger partial charge in [0.2, 0.25) is 5.91 Å². The first kappa shape index (κ1) is 19.4. The summed E-state index contributed by atoms with van der Waals surface area (Å²) in [6, 6.07) is 11.1. The van der Waals surface area contributed by atoms with Crippen LogP contribution in [0.3, 0.4) is 0 Å². The first-order valence-electron chi connectivity index (χ1n) is 9.19. The van der Waals surface area contributed by atoms with E-state index in [1.54, 1.807) is 35.6 Å². The molecule has 1 N–H and O–H groups in total. The normalized spacial score (nSPS) is 14.8. The number of rotatable bonds is 7. The Labute approximate surface area is 163 Å². The van der Waals surface area contributed by atoms with Crippen molar-refractivity contribution in [3.8, 4) is 5.75 Å². The molecule has 6 nitrogen and oxygen atoms in total. The van der Waals surface area contributed by atoms with Crippen molar-refractivity contribution < 1.29 is 14.3 Å². The van der Waals surface area contributed by atoms with Crippen LogP contribution in [0.1, 0.15) is 22.2 Å². The Kier molecular flexibility index (Phi) is 6.84. The maximum absolute atomic E-state index is 12.4. The monoisotopic (exact) mass is 387 g/mol. The number of carbonyl (C=O) groups excluding carboxylic acids is 2. The Morgan fingerprint density at radius 2 is 1.85 bits per heavy atom. The molecule has 2 amide bonds. The number of piperazine rings is 1. The zero-order valence-electron chi connectivity index (χ0n) is 15.5. The Hall–Kier alpha value is -2.38. The summed E-state index contributed by atoms with van der Waals surface area (Å²) in [6.07, 6.45) is 0. The topological polar surface area (TPSA) is 61.9 Å². The molecule has 0 atom stereocenters. The zero-order valence-corrected chi connectivity index (χ0v) is 16.3.